The number of anilines is 1. The number of hydrogen-bond donors (Lipinski definition) is 1. The lowest BCUT2D eigenvalue weighted by Crippen LogP contribution is -2.40. The van der Waals surface area contributed by atoms with Gasteiger partial charge in [0.2, 0.25) is 10.0 Å². The Morgan fingerprint density at radius 2 is 1.77 bits per heavy atom. The summed E-state index contributed by atoms with van der Waals surface area (Å²) in [4.78, 5) is 12.9. The molecular weight excluding hydrogens is 444 g/mol. The third kappa shape index (κ3) is 4.90. The number of rotatable bonds is 7. The predicted octanol–water partition coefficient (Wildman–Crippen LogP) is 1.76. The van der Waals surface area contributed by atoms with Gasteiger partial charge >= 0.3 is 0 Å². The maximum atomic E-state index is 13.0. The van der Waals surface area contributed by atoms with Gasteiger partial charge in [-0.3, -0.25) is 4.79 Å². The molecule has 1 N–H and O–H groups in total. The van der Waals surface area contributed by atoms with Crippen molar-refractivity contribution in [3.8, 4) is 5.75 Å². The first-order valence-corrected chi connectivity index (χ1v) is 12.7. The number of nitrogens with one attached hydrogen (secondary N) is 1. The zero-order valence-corrected chi connectivity index (χ0v) is 18.8. The number of carbonyl (C=O) groups is 1. The number of morpholine rings is 1. The van der Waals surface area contributed by atoms with E-state index in [2.05, 4.69) is 5.32 Å². The molecule has 0 bridgehead atoms. The first-order chi connectivity index (χ1) is 14.7. The summed E-state index contributed by atoms with van der Waals surface area (Å²) in [6.07, 6.45) is 0. The molecule has 168 valence electrons. The molecule has 1 aliphatic heterocycles. The van der Waals surface area contributed by atoms with Gasteiger partial charge in [-0.2, -0.15) is 4.31 Å². The quantitative estimate of drug-likeness (QED) is 0.658. The zero-order valence-electron chi connectivity index (χ0n) is 17.2. The zero-order chi connectivity index (χ0) is 22.6. The Labute approximate surface area is 181 Å². The summed E-state index contributed by atoms with van der Waals surface area (Å²) in [5.74, 6) is -0.653. The van der Waals surface area contributed by atoms with Crippen molar-refractivity contribution in [3.05, 3.63) is 48.0 Å². The van der Waals surface area contributed by atoms with Crippen molar-refractivity contribution >= 4 is 31.5 Å². The highest BCUT2D eigenvalue weighted by atomic mass is 32.2. The lowest BCUT2D eigenvalue weighted by molar-refractivity contribution is 0.0730. The Bertz CT molecular complexity index is 1170. The molecule has 0 aromatic heterocycles. The highest BCUT2D eigenvalue weighted by Crippen LogP contribution is 2.28. The topological polar surface area (TPSA) is 119 Å². The molecule has 1 aliphatic rings. The van der Waals surface area contributed by atoms with Crippen molar-refractivity contribution in [3.63, 3.8) is 0 Å². The van der Waals surface area contributed by atoms with Gasteiger partial charge in [0.15, 0.2) is 9.84 Å². The minimum atomic E-state index is -3.83. The number of hydrogen-bond acceptors (Lipinski definition) is 7. The molecule has 0 spiro atoms. The molecule has 1 heterocycles. The lowest BCUT2D eigenvalue weighted by Gasteiger charge is -2.26. The van der Waals surface area contributed by atoms with Gasteiger partial charge in [0.25, 0.3) is 5.91 Å². The van der Waals surface area contributed by atoms with Gasteiger partial charge < -0.3 is 14.8 Å². The van der Waals surface area contributed by atoms with Crippen LogP contribution in [0.25, 0.3) is 0 Å². The Kier molecular flexibility index (Phi) is 6.99. The van der Waals surface area contributed by atoms with Crippen LogP contribution in [-0.4, -0.2) is 66.2 Å². The van der Waals surface area contributed by atoms with Gasteiger partial charge in [0.05, 0.1) is 47.1 Å². The van der Waals surface area contributed by atoms with Crippen LogP contribution in [0, 0.1) is 0 Å². The fourth-order valence-electron chi connectivity index (χ4n) is 3.15. The van der Waals surface area contributed by atoms with Gasteiger partial charge in [-0.1, -0.05) is 19.1 Å². The second kappa shape index (κ2) is 9.35. The number of para-hydroxylation sites is 1. The smallest absolute Gasteiger partial charge is 0.259 e. The van der Waals surface area contributed by atoms with Crippen LogP contribution in [0.2, 0.25) is 0 Å². The second-order valence-electron chi connectivity index (χ2n) is 6.73. The van der Waals surface area contributed by atoms with Gasteiger partial charge in [-0.05, 0) is 30.3 Å². The molecule has 0 saturated carbocycles. The number of amides is 1. The van der Waals surface area contributed by atoms with E-state index in [4.69, 9.17) is 9.47 Å². The van der Waals surface area contributed by atoms with Gasteiger partial charge in [-0.25, -0.2) is 16.8 Å². The maximum Gasteiger partial charge on any atom is 0.259 e. The third-order valence-electron chi connectivity index (χ3n) is 4.87. The van der Waals surface area contributed by atoms with E-state index in [9.17, 15) is 21.6 Å². The average Bonchev–Trinajstić information content (AvgIpc) is 2.79. The number of nitrogens with zero attached hydrogens (tertiary/aromatic N) is 1. The molecule has 3 rings (SSSR count). The van der Waals surface area contributed by atoms with E-state index in [1.807, 2.05) is 0 Å². The van der Waals surface area contributed by atoms with Crippen molar-refractivity contribution in [1.82, 2.24) is 4.31 Å². The molecule has 1 saturated heterocycles. The molecule has 9 nitrogen and oxygen atoms in total. The minimum Gasteiger partial charge on any atom is -0.496 e. The monoisotopic (exact) mass is 468 g/mol. The van der Waals surface area contributed by atoms with Crippen LogP contribution >= 0.6 is 0 Å². The van der Waals surface area contributed by atoms with Crippen molar-refractivity contribution in [2.24, 2.45) is 0 Å². The van der Waals surface area contributed by atoms with E-state index in [1.165, 1.54) is 48.7 Å². The van der Waals surface area contributed by atoms with Crippen LogP contribution in [0.15, 0.2) is 52.3 Å². The summed E-state index contributed by atoms with van der Waals surface area (Å²) in [5, 5.41) is 2.57. The highest BCUT2D eigenvalue weighted by Gasteiger charge is 2.28. The van der Waals surface area contributed by atoms with Crippen LogP contribution in [-0.2, 0) is 24.6 Å². The molecular formula is C20H24N2O7S2. The molecule has 31 heavy (non-hydrogen) atoms. The van der Waals surface area contributed by atoms with Crippen LogP contribution in [0.4, 0.5) is 5.69 Å². The first kappa shape index (κ1) is 23.2. The summed E-state index contributed by atoms with van der Waals surface area (Å²) in [6, 6.07) is 10.0. The predicted molar refractivity (Wildman–Crippen MR) is 115 cm³/mol. The van der Waals surface area contributed by atoms with E-state index in [-0.39, 0.29) is 45.6 Å². The Morgan fingerprint density at radius 3 is 2.42 bits per heavy atom. The Morgan fingerprint density at radius 1 is 1.10 bits per heavy atom. The fraction of sp³-hybridized carbons (Fsp3) is 0.350. The SMILES string of the molecule is CCS(=O)(=O)c1ccccc1NC(=O)c1cc(S(=O)(=O)N2CCOCC2)ccc1OC. The molecule has 1 fully saturated rings. The number of carbonyl (C=O) groups excluding carboxylic acids is 1. The molecule has 1 amide bonds. The fourth-order valence-corrected chi connectivity index (χ4v) is 5.63. The summed E-state index contributed by atoms with van der Waals surface area (Å²) < 4.78 is 62.4. The highest BCUT2D eigenvalue weighted by molar-refractivity contribution is 7.91. The summed E-state index contributed by atoms with van der Waals surface area (Å²) >= 11 is 0. The van der Waals surface area contributed by atoms with Crippen molar-refractivity contribution in [2.75, 3.05) is 44.5 Å². The van der Waals surface area contributed by atoms with Gasteiger partial charge in [-0.15, -0.1) is 0 Å². The van der Waals surface area contributed by atoms with E-state index in [1.54, 1.807) is 12.1 Å². The summed E-state index contributed by atoms with van der Waals surface area (Å²) in [7, 11) is -6.05. The van der Waals surface area contributed by atoms with Gasteiger partial charge in [0, 0.05) is 13.1 Å². The standard InChI is InChI=1S/C20H24N2O7S2/c1-3-30(24,25)19-7-5-4-6-17(19)21-20(23)16-14-15(8-9-18(16)28-2)31(26,27)22-10-12-29-13-11-22/h4-9,14H,3,10-13H2,1-2H3,(H,21,23). The molecule has 0 atom stereocenters. The van der Waals surface area contributed by atoms with Crippen molar-refractivity contribution in [1.29, 1.82) is 0 Å². The number of methoxy groups -OCH3 is 1. The first-order valence-electron chi connectivity index (χ1n) is 9.59. The molecule has 11 heteroatoms. The molecule has 2 aromatic carbocycles. The normalized spacial score (nSPS) is 15.4. The molecule has 0 aliphatic carbocycles. The maximum absolute atomic E-state index is 13.0. The van der Waals surface area contributed by atoms with E-state index in [0.29, 0.717) is 13.2 Å². The lowest BCUT2D eigenvalue weighted by atomic mass is 10.2. The van der Waals surface area contributed by atoms with Crippen molar-refractivity contribution < 1.29 is 31.1 Å². The minimum absolute atomic E-state index is 0.0121. The molecule has 0 radical (unpaired) electrons. The van der Waals surface area contributed by atoms with Crippen LogP contribution in [0.5, 0.6) is 5.75 Å². The summed E-state index contributed by atoms with van der Waals surface area (Å²) in [6.45, 7) is 2.55. The Hall–Kier alpha value is -2.47. The van der Waals surface area contributed by atoms with E-state index < -0.39 is 25.8 Å². The molecule has 0 unspecified atom stereocenters. The number of benzene rings is 2. The van der Waals surface area contributed by atoms with Crippen molar-refractivity contribution in [2.45, 2.75) is 16.7 Å². The average molecular weight is 469 g/mol. The third-order valence-corrected chi connectivity index (χ3v) is 8.55. The van der Waals surface area contributed by atoms with Gasteiger partial charge in [0.1, 0.15) is 5.75 Å². The number of sulfonamides is 1. The number of sulfone groups is 1. The van der Waals surface area contributed by atoms with Crippen LogP contribution in [0.1, 0.15) is 17.3 Å². The van der Waals surface area contributed by atoms with E-state index >= 15 is 0 Å². The van der Waals surface area contributed by atoms with E-state index in [0.717, 1.165) is 0 Å². The second-order valence-corrected chi connectivity index (χ2v) is 10.9. The summed E-state index contributed by atoms with van der Waals surface area (Å²) in [5.41, 5.74) is 0.0818. The van der Waals surface area contributed by atoms with Crippen LogP contribution < -0.4 is 10.1 Å². The molecule has 2 aromatic rings. The van der Waals surface area contributed by atoms with Crippen LogP contribution in [0.3, 0.4) is 0 Å². The number of ether oxygens (including phenoxy) is 2. The largest absolute Gasteiger partial charge is 0.496 e. The Balaban J connectivity index is 1.98.